The SMILES string of the molecule is CCn1ccc(CN(C)C(=O)Cc2ccccc2)n1. The number of carbonyl (C=O) groups is 1. The number of carbonyl (C=O) groups excluding carboxylic acids is 1. The Morgan fingerprint density at radius 3 is 2.63 bits per heavy atom. The number of aromatic nitrogens is 2. The summed E-state index contributed by atoms with van der Waals surface area (Å²) < 4.78 is 1.87. The molecule has 0 unspecified atom stereocenters. The fourth-order valence-corrected chi connectivity index (χ4v) is 1.90. The van der Waals surface area contributed by atoms with Crippen molar-refractivity contribution in [2.75, 3.05) is 7.05 Å². The summed E-state index contributed by atoms with van der Waals surface area (Å²) in [5.41, 5.74) is 1.96. The van der Waals surface area contributed by atoms with E-state index in [2.05, 4.69) is 5.10 Å². The number of hydrogen-bond acceptors (Lipinski definition) is 2. The van der Waals surface area contributed by atoms with Gasteiger partial charge < -0.3 is 4.90 Å². The molecule has 0 bridgehead atoms. The highest BCUT2D eigenvalue weighted by Gasteiger charge is 2.11. The molecule has 0 radical (unpaired) electrons. The van der Waals surface area contributed by atoms with Crippen LogP contribution in [0.15, 0.2) is 42.6 Å². The number of rotatable bonds is 5. The zero-order valence-corrected chi connectivity index (χ0v) is 11.4. The van der Waals surface area contributed by atoms with Crippen molar-refractivity contribution in [1.82, 2.24) is 14.7 Å². The molecule has 1 amide bonds. The maximum absolute atomic E-state index is 12.1. The predicted molar refractivity (Wildman–Crippen MR) is 74.5 cm³/mol. The van der Waals surface area contributed by atoms with Gasteiger partial charge in [-0.25, -0.2) is 0 Å². The summed E-state index contributed by atoms with van der Waals surface area (Å²) in [7, 11) is 1.82. The van der Waals surface area contributed by atoms with Gasteiger partial charge >= 0.3 is 0 Å². The predicted octanol–water partition coefficient (Wildman–Crippen LogP) is 2.10. The van der Waals surface area contributed by atoms with Crippen LogP contribution in [0.1, 0.15) is 18.2 Å². The lowest BCUT2D eigenvalue weighted by Crippen LogP contribution is -2.27. The highest BCUT2D eigenvalue weighted by atomic mass is 16.2. The summed E-state index contributed by atoms with van der Waals surface area (Å²) >= 11 is 0. The maximum atomic E-state index is 12.1. The number of hydrogen-bond donors (Lipinski definition) is 0. The van der Waals surface area contributed by atoms with Crippen molar-refractivity contribution < 1.29 is 4.79 Å². The standard InChI is InChI=1S/C15H19N3O/c1-3-18-10-9-14(16-18)12-17(2)15(19)11-13-7-5-4-6-8-13/h4-10H,3,11-12H2,1-2H3. The first-order valence-electron chi connectivity index (χ1n) is 6.49. The van der Waals surface area contributed by atoms with Crippen molar-refractivity contribution in [3.8, 4) is 0 Å². The maximum Gasteiger partial charge on any atom is 0.227 e. The van der Waals surface area contributed by atoms with Gasteiger partial charge in [0.15, 0.2) is 0 Å². The second-order valence-corrected chi connectivity index (χ2v) is 4.57. The number of nitrogens with zero attached hydrogens (tertiary/aromatic N) is 3. The van der Waals surface area contributed by atoms with Crippen molar-refractivity contribution in [3.05, 3.63) is 53.9 Å². The highest BCUT2D eigenvalue weighted by molar-refractivity contribution is 5.78. The molecule has 0 N–H and O–H groups in total. The molecule has 19 heavy (non-hydrogen) atoms. The molecule has 0 fully saturated rings. The van der Waals surface area contributed by atoms with Gasteiger partial charge in [-0.05, 0) is 18.6 Å². The molecule has 2 rings (SSSR count). The van der Waals surface area contributed by atoms with Crippen LogP contribution in [-0.2, 0) is 24.3 Å². The van der Waals surface area contributed by atoms with Gasteiger partial charge in [0.2, 0.25) is 5.91 Å². The molecule has 0 aliphatic carbocycles. The zero-order chi connectivity index (χ0) is 13.7. The van der Waals surface area contributed by atoms with Gasteiger partial charge in [-0.15, -0.1) is 0 Å². The van der Waals surface area contributed by atoms with Crippen molar-refractivity contribution >= 4 is 5.91 Å². The Labute approximate surface area is 113 Å². The number of likely N-dealkylation sites (N-methyl/N-ethyl adjacent to an activating group) is 1. The van der Waals surface area contributed by atoms with Gasteiger partial charge in [0.1, 0.15) is 0 Å². The Bertz CT molecular complexity index is 533. The van der Waals surface area contributed by atoms with Crippen LogP contribution in [0.2, 0.25) is 0 Å². The van der Waals surface area contributed by atoms with E-state index in [0.29, 0.717) is 13.0 Å². The van der Waals surface area contributed by atoms with E-state index >= 15 is 0 Å². The molecule has 1 aromatic heterocycles. The summed E-state index contributed by atoms with van der Waals surface area (Å²) in [6.07, 6.45) is 2.37. The molecule has 1 aromatic carbocycles. The van der Waals surface area contributed by atoms with E-state index in [9.17, 15) is 4.79 Å². The van der Waals surface area contributed by atoms with Gasteiger partial charge in [-0.1, -0.05) is 30.3 Å². The molecular weight excluding hydrogens is 238 g/mol. The minimum Gasteiger partial charge on any atom is -0.339 e. The van der Waals surface area contributed by atoms with E-state index in [-0.39, 0.29) is 5.91 Å². The van der Waals surface area contributed by atoms with Crippen LogP contribution in [0.4, 0.5) is 0 Å². The fourth-order valence-electron chi connectivity index (χ4n) is 1.90. The fraction of sp³-hybridized carbons (Fsp3) is 0.333. The summed E-state index contributed by atoms with van der Waals surface area (Å²) in [5, 5.41) is 4.38. The summed E-state index contributed by atoms with van der Waals surface area (Å²) in [5.74, 6) is 0.109. The first-order valence-corrected chi connectivity index (χ1v) is 6.49. The van der Waals surface area contributed by atoms with Gasteiger partial charge in [0, 0.05) is 19.8 Å². The van der Waals surface area contributed by atoms with Crippen LogP contribution < -0.4 is 0 Å². The number of benzene rings is 1. The average molecular weight is 257 g/mol. The lowest BCUT2D eigenvalue weighted by atomic mass is 10.1. The van der Waals surface area contributed by atoms with Gasteiger partial charge in [0.05, 0.1) is 18.7 Å². The second-order valence-electron chi connectivity index (χ2n) is 4.57. The van der Waals surface area contributed by atoms with Gasteiger partial charge in [0.25, 0.3) is 0 Å². The molecular formula is C15H19N3O. The highest BCUT2D eigenvalue weighted by Crippen LogP contribution is 2.05. The largest absolute Gasteiger partial charge is 0.339 e. The van der Waals surface area contributed by atoms with Crippen LogP contribution in [0, 0.1) is 0 Å². The minimum atomic E-state index is 0.109. The van der Waals surface area contributed by atoms with Crippen LogP contribution in [-0.4, -0.2) is 27.6 Å². The molecule has 1 heterocycles. The van der Waals surface area contributed by atoms with Gasteiger partial charge in [-0.3, -0.25) is 9.48 Å². The molecule has 0 aliphatic rings. The van der Waals surface area contributed by atoms with E-state index < -0.39 is 0 Å². The molecule has 0 spiro atoms. The summed E-state index contributed by atoms with van der Waals surface area (Å²) in [4.78, 5) is 13.8. The Morgan fingerprint density at radius 2 is 2.00 bits per heavy atom. The normalized spacial score (nSPS) is 10.4. The van der Waals surface area contributed by atoms with E-state index in [1.54, 1.807) is 4.90 Å². The third kappa shape index (κ3) is 3.68. The molecule has 0 aliphatic heterocycles. The number of amides is 1. The van der Waals surface area contributed by atoms with Crippen molar-refractivity contribution in [1.29, 1.82) is 0 Å². The number of aryl methyl sites for hydroxylation is 1. The van der Waals surface area contributed by atoms with Crippen LogP contribution >= 0.6 is 0 Å². The van der Waals surface area contributed by atoms with E-state index in [1.165, 1.54) is 0 Å². The molecule has 0 atom stereocenters. The first-order chi connectivity index (χ1) is 9.19. The molecule has 0 saturated carbocycles. The Kier molecular flexibility index (Phi) is 4.34. The molecule has 100 valence electrons. The third-order valence-electron chi connectivity index (χ3n) is 3.04. The topological polar surface area (TPSA) is 38.1 Å². The summed E-state index contributed by atoms with van der Waals surface area (Å²) in [6.45, 7) is 3.45. The van der Waals surface area contributed by atoms with Crippen LogP contribution in [0.5, 0.6) is 0 Å². The second kappa shape index (κ2) is 6.18. The lowest BCUT2D eigenvalue weighted by Gasteiger charge is -2.15. The zero-order valence-electron chi connectivity index (χ0n) is 11.4. The Hall–Kier alpha value is -2.10. The minimum absolute atomic E-state index is 0.109. The van der Waals surface area contributed by atoms with Gasteiger partial charge in [-0.2, -0.15) is 5.10 Å². The van der Waals surface area contributed by atoms with Crippen molar-refractivity contribution in [2.24, 2.45) is 0 Å². The Morgan fingerprint density at radius 1 is 1.26 bits per heavy atom. The Balaban J connectivity index is 1.92. The van der Waals surface area contributed by atoms with Crippen LogP contribution in [0.3, 0.4) is 0 Å². The van der Waals surface area contributed by atoms with E-state index in [1.807, 2.05) is 61.2 Å². The molecule has 0 saturated heterocycles. The molecule has 2 aromatic rings. The smallest absolute Gasteiger partial charge is 0.227 e. The third-order valence-corrected chi connectivity index (χ3v) is 3.04. The van der Waals surface area contributed by atoms with E-state index in [4.69, 9.17) is 0 Å². The quantitative estimate of drug-likeness (QED) is 0.822. The monoisotopic (exact) mass is 257 g/mol. The summed E-state index contributed by atoms with van der Waals surface area (Å²) in [6, 6.07) is 11.7. The average Bonchev–Trinajstić information content (AvgIpc) is 2.87. The van der Waals surface area contributed by atoms with E-state index in [0.717, 1.165) is 17.8 Å². The molecule has 4 heteroatoms. The van der Waals surface area contributed by atoms with Crippen LogP contribution in [0.25, 0.3) is 0 Å². The van der Waals surface area contributed by atoms with Crippen molar-refractivity contribution in [2.45, 2.75) is 26.4 Å². The molecule has 4 nitrogen and oxygen atoms in total. The lowest BCUT2D eigenvalue weighted by molar-refractivity contribution is -0.129. The van der Waals surface area contributed by atoms with Crippen molar-refractivity contribution in [3.63, 3.8) is 0 Å². The first kappa shape index (κ1) is 13.3.